The van der Waals surface area contributed by atoms with Crippen LogP contribution in [-0.4, -0.2) is 51.2 Å². The Balaban J connectivity index is 0.00000237. The highest BCUT2D eigenvalue weighted by atomic mass is 35.5. The van der Waals surface area contributed by atoms with Gasteiger partial charge in [-0.05, 0) is 94.5 Å². The molecule has 9 nitrogen and oxygen atoms in total. The summed E-state index contributed by atoms with van der Waals surface area (Å²) < 4.78 is 16.6. The zero-order valence-electron chi connectivity index (χ0n) is 24.7. The fraction of sp³-hybridized carbons (Fsp3) is 0.387. The van der Waals surface area contributed by atoms with Crippen molar-refractivity contribution in [2.24, 2.45) is 16.5 Å². The molecule has 2 aromatic carbocycles. The summed E-state index contributed by atoms with van der Waals surface area (Å²) in [6.45, 7) is 7.99. The number of aromatic nitrogens is 3. The first kappa shape index (κ1) is 32.9. The predicted molar refractivity (Wildman–Crippen MR) is 170 cm³/mol. The first-order valence-electron chi connectivity index (χ1n) is 13.9. The van der Waals surface area contributed by atoms with Crippen molar-refractivity contribution in [1.29, 1.82) is 0 Å². The fourth-order valence-corrected chi connectivity index (χ4v) is 4.77. The monoisotopic (exact) mass is 597 g/mol. The van der Waals surface area contributed by atoms with E-state index < -0.39 is 11.5 Å². The zero-order valence-corrected chi connectivity index (χ0v) is 25.4. The number of nitrogens with zero attached hydrogens (tertiary/aromatic N) is 3. The molecule has 0 aliphatic carbocycles. The second-order valence-electron chi connectivity index (χ2n) is 10.9. The molecule has 0 amide bonds. The highest BCUT2D eigenvalue weighted by Crippen LogP contribution is 2.31. The van der Waals surface area contributed by atoms with Crippen molar-refractivity contribution in [2.75, 3.05) is 20.2 Å². The van der Waals surface area contributed by atoms with E-state index in [-0.39, 0.29) is 10.6 Å². The number of aliphatic hydroxyl groups is 1. The van der Waals surface area contributed by atoms with Crippen LogP contribution in [0.15, 0.2) is 58.4 Å². The second kappa shape index (κ2) is 15.1. The normalized spacial score (nSPS) is 12.0. The van der Waals surface area contributed by atoms with Crippen LogP contribution in [0, 0.1) is 5.82 Å². The Bertz CT molecular complexity index is 1550. The second-order valence-corrected chi connectivity index (χ2v) is 11.3. The van der Waals surface area contributed by atoms with Gasteiger partial charge in [-0.15, -0.1) is 0 Å². The molecule has 0 aliphatic heterocycles. The fourth-order valence-electron chi connectivity index (χ4n) is 4.52. The maximum absolute atomic E-state index is 15.1. The minimum atomic E-state index is -0.516. The largest absolute Gasteiger partial charge is 0.400 e. The Kier molecular flexibility index (Phi) is 11.8. The third-order valence-corrected chi connectivity index (χ3v) is 6.86. The maximum atomic E-state index is 15.1. The van der Waals surface area contributed by atoms with Crippen molar-refractivity contribution < 1.29 is 9.50 Å². The summed E-state index contributed by atoms with van der Waals surface area (Å²) in [5, 5.41) is 11.1. The van der Waals surface area contributed by atoms with E-state index in [2.05, 4.69) is 20.3 Å². The molecule has 0 atom stereocenters. The van der Waals surface area contributed by atoms with E-state index in [0.29, 0.717) is 46.9 Å². The van der Waals surface area contributed by atoms with Crippen LogP contribution < -0.4 is 22.5 Å². The number of aliphatic hydroxyl groups excluding tert-OH is 1. The van der Waals surface area contributed by atoms with E-state index in [1.807, 2.05) is 38.1 Å². The highest BCUT2D eigenvalue weighted by molar-refractivity contribution is 6.31. The van der Waals surface area contributed by atoms with Crippen LogP contribution in [0.2, 0.25) is 5.02 Å². The number of rotatable bonds is 12. The lowest BCUT2D eigenvalue weighted by Gasteiger charge is -2.18. The molecule has 0 unspecified atom stereocenters. The summed E-state index contributed by atoms with van der Waals surface area (Å²) in [5.74, 6) is 0.0798. The summed E-state index contributed by atoms with van der Waals surface area (Å²) in [6, 6.07) is 12.9. The molecule has 4 aromatic rings. The van der Waals surface area contributed by atoms with Gasteiger partial charge in [0.1, 0.15) is 5.65 Å². The third kappa shape index (κ3) is 9.22. The van der Waals surface area contributed by atoms with E-state index in [1.165, 1.54) is 4.57 Å². The van der Waals surface area contributed by atoms with E-state index in [9.17, 15) is 4.79 Å². The van der Waals surface area contributed by atoms with Gasteiger partial charge in [-0.1, -0.05) is 23.7 Å². The minimum absolute atomic E-state index is 0.0550. The lowest BCUT2D eigenvalue weighted by Crippen LogP contribution is -2.31. The van der Waals surface area contributed by atoms with Crippen molar-refractivity contribution in [3.05, 3.63) is 81.1 Å². The number of hydrogen-bond donors (Lipinski definition) is 5. The van der Waals surface area contributed by atoms with Crippen molar-refractivity contribution in [1.82, 2.24) is 19.9 Å². The highest BCUT2D eigenvalue weighted by Gasteiger charge is 2.16. The summed E-state index contributed by atoms with van der Waals surface area (Å²) in [6.07, 6.45) is 5.04. The Morgan fingerprint density at radius 1 is 1.17 bits per heavy atom. The first-order chi connectivity index (χ1) is 20.0. The molecular weight excluding hydrogens is 557 g/mol. The number of halogens is 2. The van der Waals surface area contributed by atoms with Crippen LogP contribution in [0.1, 0.15) is 51.2 Å². The molecule has 7 N–H and O–H groups in total. The SMILES string of the molecule is CC(N)=NCCCNCc1ccc(-n2cc3cc(-c4cc(CCCC(C)(C)N)cc(Cl)c4F)[nH]c3nc2=O)cc1.CO. The average Bonchev–Trinajstić information content (AvgIpc) is 3.35. The number of aryl methyl sites for hydroxylation is 1. The van der Waals surface area contributed by atoms with Gasteiger partial charge in [0.2, 0.25) is 0 Å². The van der Waals surface area contributed by atoms with Crippen LogP contribution in [-0.2, 0) is 13.0 Å². The smallest absolute Gasteiger partial charge is 0.354 e. The van der Waals surface area contributed by atoms with Crippen molar-refractivity contribution in [3.63, 3.8) is 0 Å². The molecule has 0 spiro atoms. The molecule has 4 rings (SSSR count). The Morgan fingerprint density at radius 2 is 1.88 bits per heavy atom. The first-order valence-corrected chi connectivity index (χ1v) is 14.3. The maximum Gasteiger partial charge on any atom is 0.354 e. The van der Waals surface area contributed by atoms with Crippen LogP contribution in [0.4, 0.5) is 4.39 Å². The summed E-state index contributed by atoms with van der Waals surface area (Å²) in [5.41, 5.74) is 14.9. The molecule has 226 valence electrons. The molecular formula is C31H41ClFN7O2. The van der Waals surface area contributed by atoms with E-state index >= 15 is 4.39 Å². The number of fused-ring (bicyclic) bond motifs is 1. The van der Waals surface area contributed by atoms with Gasteiger partial charge in [0.05, 0.1) is 22.2 Å². The number of nitrogens with one attached hydrogen (secondary N) is 2. The molecule has 11 heteroatoms. The third-order valence-electron chi connectivity index (χ3n) is 6.59. The van der Waals surface area contributed by atoms with Crippen molar-refractivity contribution in [2.45, 2.75) is 58.5 Å². The molecule has 0 radical (unpaired) electrons. The number of nitrogens with two attached hydrogens (primary N) is 2. The van der Waals surface area contributed by atoms with Gasteiger partial charge < -0.3 is 26.9 Å². The van der Waals surface area contributed by atoms with Gasteiger partial charge in [-0.2, -0.15) is 4.98 Å². The Hall–Kier alpha value is -3.57. The van der Waals surface area contributed by atoms with Gasteiger partial charge in [-0.3, -0.25) is 9.56 Å². The number of H-pyrrole nitrogens is 1. The number of aromatic amines is 1. The van der Waals surface area contributed by atoms with Gasteiger partial charge in [0.15, 0.2) is 5.82 Å². The van der Waals surface area contributed by atoms with Crippen LogP contribution in [0.25, 0.3) is 28.0 Å². The van der Waals surface area contributed by atoms with Gasteiger partial charge >= 0.3 is 5.69 Å². The zero-order chi connectivity index (χ0) is 30.9. The van der Waals surface area contributed by atoms with Crippen molar-refractivity contribution >= 4 is 28.5 Å². The van der Waals surface area contributed by atoms with Gasteiger partial charge in [0, 0.05) is 42.9 Å². The quantitative estimate of drug-likeness (QED) is 0.0908. The summed E-state index contributed by atoms with van der Waals surface area (Å²) in [4.78, 5) is 24.3. The van der Waals surface area contributed by atoms with E-state index in [1.54, 1.807) is 31.3 Å². The lowest BCUT2D eigenvalue weighted by atomic mass is 9.96. The van der Waals surface area contributed by atoms with E-state index in [0.717, 1.165) is 50.5 Å². The molecule has 0 saturated carbocycles. The van der Waals surface area contributed by atoms with Crippen LogP contribution in [0.5, 0.6) is 0 Å². The van der Waals surface area contributed by atoms with Crippen LogP contribution in [0.3, 0.4) is 0 Å². The Morgan fingerprint density at radius 3 is 2.55 bits per heavy atom. The molecule has 2 heterocycles. The molecule has 0 fully saturated rings. The lowest BCUT2D eigenvalue weighted by molar-refractivity contribution is 0.399. The van der Waals surface area contributed by atoms with E-state index in [4.69, 9.17) is 28.2 Å². The number of amidine groups is 1. The van der Waals surface area contributed by atoms with Crippen LogP contribution >= 0.6 is 11.6 Å². The summed E-state index contributed by atoms with van der Waals surface area (Å²) >= 11 is 6.25. The Labute approximate surface area is 250 Å². The van der Waals surface area contributed by atoms with Crippen molar-refractivity contribution in [3.8, 4) is 16.9 Å². The molecule has 2 aromatic heterocycles. The predicted octanol–water partition coefficient (Wildman–Crippen LogP) is 4.70. The molecule has 42 heavy (non-hydrogen) atoms. The minimum Gasteiger partial charge on any atom is -0.400 e. The number of aliphatic imine (C=N–C) groups is 1. The standard InChI is InChI=1S/C30H37ClFN7O.CH4O/c1-19(33)36-13-5-12-35-17-20-7-9-23(10-8-20)39-18-22-16-26(37-28(22)38-29(39)40)24-14-21(15-25(31)27(24)32)6-4-11-30(2,3)34;1-2/h7-10,14-16,18,35H,4-6,11-13,17,34H2,1-3H3,(H2,33,36)(H,37,38,40);2H,1H3. The van der Waals surface area contributed by atoms with Gasteiger partial charge in [0.25, 0.3) is 0 Å². The molecule has 0 aliphatic rings. The molecule has 0 bridgehead atoms. The average molecular weight is 598 g/mol. The molecule has 0 saturated heterocycles. The summed E-state index contributed by atoms with van der Waals surface area (Å²) in [7, 11) is 1.00. The number of hydrogen-bond acceptors (Lipinski definition) is 6. The number of benzene rings is 2. The topological polar surface area (TPSA) is 147 Å². The van der Waals surface area contributed by atoms with Gasteiger partial charge in [-0.25, -0.2) is 9.18 Å².